The average molecular weight is 298 g/mol. The third-order valence-corrected chi connectivity index (χ3v) is 3.10. The fourth-order valence-corrected chi connectivity index (χ4v) is 2.00. The maximum Gasteiger partial charge on any atom is 0.305 e. The molecule has 1 saturated heterocycles. The normalized spacial score (nSPS) is 16.4. The quantitative estimate of drug-likeness (QED) is 0.619. The lowest BCUT2D eigenvalue weighted by Crippen LogP contribution is -2.46. The second-order valence-electron chi connectivity index (χ2n) is 4.57. The van der Waals surface area contributed by atoms with Crippen LogP contribution >= 0.6 is 0 Å². The highest BCUT2D eigenvalue weighted by Gasteiger charge is 2.24. The molecule has 114 valence electrons. The van der Waals surface area contributed by atoms with Crippen molar-refractivity contribution in [3.8, 4) is 5.75 Å². The molecule has 1 unspecified atom stereocenters. The predicted molar refractivity (Wildman–Crippen MR) is 70.5 cm³/mol. The SMILES string of the molecule is CC(Oc1ccc([N+](=O)[O-])c(F)c1)C(=O)N1CCOCC1. The van der Waals surface area contributed by atoms with E-state index in [9.17, 15) is 19.3 Å². The Labute approximate surface area is 120 Å². The molecule has 1 aromatic rings. The Kier molecular flexibility index (Phi) is 4.69. The number of rotatable bonds is 4. The summed E-state index contributed by atoms with van der Waals surface area (Å²) in [5, 5.41) is 10.5. The Morgan fingerprint density at radius 2 is 2.14 bits per heavy atom. The first-order valence-electron chi connectivity index (χ1n) is 6.46. The molecule has 0 spiro atoms. The van der Waals surface area contributed by atoms with Crippen molar-refractivity contribution in [2.75, 3.05) is 26.3 Å². The summed E-state index contributed by atoms with van der Waals surface area (Å²) in [4.78, 5) is 23.4. The van der Waals surface area contributed by atoms with E-state index in [0.717, 1.165) is 12.1 Å². The summed E-state index contributed by atoms with van der Waals surface area (Å²) in [5.41, 5.74) is -0.630. The zero-order valence-electron chi connectivity index (χ0n) is 11.5. The van der Waals surface area contributed by atoms with Gasteiger partial charge in [0.2, 0.25) is 5.82 Å². The van der Waals surface area contributed by atoms with Crippen molar-refractivity contribution < 1.29 is 23.6 Å². The van der Waals surface area contributed by atoms with Crippen molar-refractivity contribution in [2.24, 2.45) is 0 Å². The first-order valence-corrected chi connectivity index (χ1v) is 6.46. The van der Waals surface area contributed by atoms with Crippen molar-refractivity contribution >= 4 is 11.6 Å². The van der Waals surface area contributed by atoms with Crippen LogP contribution in [0.2, 0.25) is 0 Å². The number of nitrogens with zero attached hydrogens (tertiary/aromatic N) is 2. The van der Waals surface area contributed by atoms with Gasteiger partial charge in [0.15, 0.2) is 6.10 Å². The summed E-state index contributed by atoms with van der Waals surface area (Å²) in [5.74, 6) is -1.15. The van der Waals surface area contributed by atoms with Crippen LogP contribution < -0.4 is 4.74 Å². The molecule has 1 aliphatic heterocycles. The van der Waals surface area contributed by atoms with Gasteiger partial charge in [-0.25, -0.2) is 0 Å². The minimum Gasteiger partial charge on any atom is -0.481 e. The van der Waals surface area contributed by atoms with Gasteiger partial charge < -0.3 is 14.4 Å². The van der Waals surface area contributed by atoms with Gasteiger partial charge in [-0.3, -0.25) is 14.9 Å². The Bertz CT molecular complexity index is 545. The van der Waals surface area contributed by atoms with Gasteiger partial charge in [-0.2, -0.15) is 4.39 Å². The van der Waals surface area contributed by atoms with Crippen LogP contribution in [0, 0.1) is 15.9 Å². The molecule has 0 aliphatic carbocycles. The number of amides is 1. The van der Waals surface area contributed by atoms with Gasteiger partial charge in [0.25, 0.3) is 5.91 Å². The summed E-state index contributed by atoms with van der Waals surface area (Å²) in [6, 6.07) is 3.18. The summed E-state index contributed by atoms with van der Waals surface area (Å²) in [6.45, 7) is 3.48. The van der Waals surface area contributed by atoms with Crippen LogP contribution in [0.5, 0.6) is 5.75 Å². The molecular weight excluding hydrogens is 283 g/mol. The molecule has 1 amide bonds. The molecule has 0 bridgehead atoms. The maximum atomic E-state index is 13.5. The monoisotopic (exact) mass is 298 g/mol. The molecule has 1 atom stereocenters. The van der Waals surface area contributed by atoms with Crippen molar-refractivity contribution in [3.05, 3.63) is 34.1 Å². The Balaban J connectivity index is 2.01. The van der Waals surface area contributed by atoms with Crippen LogP contribution in [0.25, 0.3) is 0 Å². The van der Waals surface area contributed by atoms with E-state index >= 15 is 0 Å². The second-order valence-corrected chi connectivity index (χ2v) is 4.57. The Morgan fingerprint density at radius 1 is 1.48 bits per heavy atom. The fourth-order valence-electron chi connectivity index (χ4n) is 2.00. The van der Waals surface area contributed by atoms with Gasteiger partial charge in [0.1, 0.15) is 5.75 Å². The number of benzene rings is 1. The highest BCUT2D eigenvalue weighted by atomic mass is 19.1. The summed E-state index contributed by atoms with van der Waals surface area (Å²) in [6.07, 6.45) is -0.802. The lowest BCUT2D eigenvalue weighted by atomic mass is 10.2. The number of carbonyl (C=O) groups excluding carboxylic acids is 1. The lowest BCUT2D eigenvalue weighted by Gasteiger charge is -2.29. The molecule has 0 radical (unpaired) electrons. The summed E-state index contributed by atoms with van der Waals surface area (Å²) in [7, 11) is 0. The smallest absolute Gasteiger partial charge is 0.305 e. The molecule has 1 fully saturated rings. The maximum absolute atomic E-state index is 13.5. The molecular formula is C13H15FN2O5. The average Bonchev–Trinajstić information content (AvgIpc) is 2.47. The van der Waals surface area contributed by atoms with E-state index < -0.39 is 22.5 Å². The van der Waals surface area contributed by atoms with E-state index in [4.69, 9.17) is 9.47 Å². The molecule has 1 heterocycles. The Morgan fingerprint density at radius 3 is 2.71 bits per heavy atom. The third-order valence-electron chi connectivity index (χ3n) is 3.10. The highest BCUT2D eigenvalue weighted by molar-refractivity contribution is 5.81. The van der Waals surface area contributed by atoms with Gasteiger partial charge in [-0.1, -0.05) is 0 Å². The van der Waals surface area contributed by atoms with Crippen LogP contribution in [0.4, 0.5) is 10.1 Å². The van der Waals surface area contributed by atoms with Gasteiger partial charge in [0, 0.05) is 25.2 Å². The van der Waals surface area contributed by atoms with Crippen molar-refractivity contribution in [3.63, 3.8) is 0 Å². The van der Waals surface area contributed by atoms with Crippen LogP contribution in [0.15, 0.2) is 18.2 Å². The van der Waals surface area contributed by atoms with E-state index in [1.807, 2.05) is 0 Å². The standard InChI is InChI=1S/C13H15FN2O5/c1-9(13(17)15-4-6-20-7-5-15)21-10-2-3-12(16(18)19)11(14)8-10/h2-3,8-9H,4-7H2,1H3. The number of nitro benzene ring substituents is 1. The molecule has 8 heteroatoms. The molecule has 0 N–H and O–H groups in total. The molecule has 7 nitrogen and oxygen atoms in total. The molecule has 21 heavy (non-hydrogen) atoms. The van der Waals surface area contributed by atoms with Crippen molar-refractivity contribution in [2.45, 2.75) is 13.0 Å². The highest BCUT2D eigenvalue weighted by Crippen LogP contribution is 2.23. The number of ether oxygens (including phenoxy) is 2. The van der Waals surface area contributed by atoms with E-state index in [0.29, 0.717) is 26.3 Å². The number of hydrogen-bond acceptors (Lipinski definition) is 5. The first kappa shape index (κ1) is 15.2. The van der Waals surface area contributed by atoms with Crippen LogP contribution in [0.1, 0.15) is 6.92 Å². The number of hydrogen-bond donors (Lipinski definition) is 0. The van der Waals surface area contributed by atoms with E-state index in [-0.39, 0.29) is 11.7 Å². The van der Waals surface area contributed by atoms with E-state index in [1.54, 1.807) is 11.8 Å². The number of morpholine rings is 1. The Hall–Kier alpha value is -2.22. The zero-order valence-corrected chi connectivity index (χ0v) is 11.5. The number of carbonyl (C=O) groups is 1. The molecule has 0 saturated carbocycles. The molecule has 1 aromatic carbocycles. The number of nitro groups is 1. The van der Waals surface area contributed by atoms with Crippen molar-refractivity contribution in [1.29, 1.82) is 0 Å². The third kappa shape index (κ3) is 3.66. The molecule has 1 aliphatic rings. The van der Waals surface area contributed by atoms with E-state index in [2.05, 4.69) is 0 Å². The second kappa shape index (κ2) is 6.49. The van der Waals surface area contributed by atoms with Gasteiger partial charge in [-0.05, 0) is 13.0 Å². The summed E-state index contributed by atoms with van der Waals surface area (Å²) < 4.78 is 24.0. The lowest BCUT2D eigenvalue weighted by molar-refractivity contribution is -0.387. The van der Waals surface area contributed by atoms with Gasteiger partial charge >= 0.3 is 5.69 Å². The minimum atomic E-state index is -0.997. The zero-order chi connectivity index (χ0) is 15.4. The predicted octanol–water partition coefficient (Wildman–Crippen LogP) is 1.36. The van der Waals surface area contributed by atoms with E-state index in [1.165, 1.54) is 6.07 Å². The first-order chi connectivity index (χ1) is 9.99. The summed E-state index contributed by atoms with van der Waals surface area (Å²) >= 11 is 0. The molecule has 0 aromatic heterocycles. The minimum absolute atomic E-state index is 0.0761. The number of halogens is 1. The topological polar surface area (TPSA) is 81.9 Å². The van der Waals surface area contributed by atoms with Gasteiger partial charge in [0.05, 0.1) is 18.1 Å². The van der Waals surface area contributed by atoms with Crippen molar-refractivity contribution in [1.82, 2.24) is 4.90 Å². The fraction of sp³-hybridized carbons (Fsp3) is 0.462. The van der Waals surface area contributed by atoms with Crippen LogP contribution in [-0.4, -0.2) is 48.1 Å². The van der Waals surface area contributed by atoms with Gasteiger partial charge in [-0.15, -0.1) is 0 Å². The van der Waals surface area contributed by atoms with Crippen LogP contribution in [0.3, 0.4) is 0 Å². The molecule has 2 rings (SSSR count). The van der Waals surface area contributed by atoms with Crippen LogP contribution in [-0.2, 0) is 9.53 Å². The largest absolute Gasteiger partial charge is 0.481 e.